The Balaban J connectivity index is 1.88. The SMILES string of the molecule is CC1CN(C)CCN1CCc1ccccc1N. The van der Waals surface area contributed by atoms with E-state index in [9.17, 15) is 0 Å². The van der Waals surface area contributed by atoms with Gasteiger partial charge in [0.15, 0.2) is 0 Å². The fourth-order valence-corrected chi connectivity index (χ4v) is 2.54. The maximum absolute atomic E-state index is 5.97. The molecule has 0 radical (unpaired) electrons. The number of rotatable bonds is 3. The van der Waals surface area contributed by atoms with E-state index in [1.165, 1.54) is 25.2 Å². The lowest BCUT2D eigenvalue weighted by Gasteiger charge is -2.38. The lowest BCUT2D eigenvalue weighted by molar-refractivity contribution is 0.101. The molecule has 1 aliphatic rings. The van der Waals surface area contributed by atoms with Gasteiger partial charge in [-0.25, -0.2) is 0 Å². The molecule has 1 saturated heterocycles. The van der Waals surface area contributed by atoms with Crippen molar-refractivity contribution in [2.45, 2.75) is 19.4 Å². The second-order valence-corrected chi connectivity index (χ2v) is 5.10. The van der Waals surface area contributed by atoms with Crippen molar-refractivity contribution < 1.29 is 0 Å². The van der Waals surface area contributed by atoms with Crippen LogP contribution in [0.3, 0.4) is 0 Å². The lowest BCUT2D eigenvalue weighted by atomic mass is 10.1. The summed E-state index contributed by atoms with van der Waals surface area (Å²) in [5.74, 6) is 0. The zero-order valence-corrected chi connectivity index (χ0v) is 10.9. The molecule has 1 aromatic rings. The standard InChI is InChI=1S/C14H23N3/c1-12-11-16(2)9-10-17(12)8-7-13-5-3-4-6-14(13)15/h3-6,12H,7-11,15H2,1-2H3. The molecule has 17 heavy (non-hydrogen) atoms. The maximum Gasteiger partial charge on any atom is 0.0347 e. The predicted octanol–water partition coefficient (Wildman–Crippen LogP) is 1.45. The summed E-state index contributed by atoms with van der Waals surface area (Å²) in [5.41, 5.74) is 8.17. The van der Waals surface area contributed by atoms with Crippen LogP contribution in [0.4, 0.5) is 5.69 Å². The molecule has 2 N–H and O–H groups in total. The molecule has 1 atom stereocenters. The van der Waals surface area contributed by atoms with Gasteiger partial charge in [-0.3, -0.25) is 4.90 Å². The van der Waals surface area contributed by atoms with Crippen molar-refractivity contribution in [3.63, 3.8) is 0 Å². The molecule has 0 spiro atoms. The highest BCUT2D eigenvalue weighted by atomic mass is 15.3. The zero-order valence-electron chi connectivity index (χ0n) is 10.9. The molecule has 0 aromatic heterocycles. The van der Waals surface area contributed by atoms with Gasteiger partial charge in [-0.05, 0) is 32.0 Å². The summed E-state index contributed by atoms with van der Waals surface area (Å²) in [6.07, 6.45) is 1.06. The Morgan fingerprint density at radius 1 is 1.29 bits per heavy atom. The van der Waals surface area contributed by atoms with Gasteiger partial charge in [0.1, 0.15) is 0 Å². The molecule has 2 rings (SSSR count). The lowest BCUT2D eigenvalue weighted by Crippen LogP contribution is -2.50. The van der Waals surface area contributed by atoms with Crippen molar-refractivity contribution in [1.82, 2.24) is 9.80 Å². The Labute approximate surface area is 104 Å². The van der Waals surface area contributed by atoms with E-state index in [1.54, 1.807) is 0 Å². The molecule has 3 heteroatoms. The second-order valence-electron chi connectivity index (χ2n) is 5.10. The summed E-state index contributed by atoms with van der Waals surface area (Å²) in [5, 5.41) is 0. The van der Waals surface area contributed by atoms with Crippen molar-refractivity contribution in [2.24, 2.45) is 0 Å². The molecule has 0 bridgehead atoms. The molecule has 1 aliphatic heterocycles. The van der Waals surface area contributed by atoms with Crippen LogP contribution in [0.5, 0.6) is 0 Å². The third kappa shape index (κ3) is 3.20. The number of nitrogens with zero attached hydrogens (tertiary/aromatic N) is 2. The normalized spacial score (nSPS) is 22.8. The Morgan fingerprint density at radius 3 is 2.76 bits per heavy atom. The van der Waals surface area contributed by atoms with E-state index in [0.717, 1.165) is 18.7 Å². The summed E-state index contributed by atoms with van der Waals surface area (Å²) in [4.78, 5) is 4.96. The molecule has 3 nitrogen and oxygen atoms in total. The molecule has 0 amide bonds. The minimum atomic E-state index is 0.652. The number of nitrogen functional groups attached to an aromatic ring is 1. The third-order valence-corrected chi connectivity index (χ3v) is 3.69. The highest BCUT2D eigenvalue weighted by Gasteiger charge is 2.20. The number of piperazine rings is 1. The summed E-state index contributed by atoms with van der Waals surface area (Å²) in [6, 6.07) is 8.84. The second kappa shape index (κ2) is 5.52. The third-order valence-electron chi connectivity index (χ3n) is 3.69. The van der Waals surface area contributed by atoms with E-state index in [1.807, 2.05) is 12.1 Å². The largest absolute Gasteiger partial charge is 0.399 e. The van der Waals surface area contributed by atoms with E-state index in [4.69, 9.17) is 5.73 Å². The number of para-hydroxylation sites is 1. The Hall–Kier alpha value is -1.06. The number of hydrogen-bond acceptors (Lipinski definition) is 3. The van der Waals surface area contributed by atoms with Gasteiger partial charge in [-0.15, -0.1) is 0 Å². The van der Waals surface area contributed by atoms with Crippen molar-refractivity contribution in [1.29, 1.82) is 0 Å². The molecule has 1 heterocycles. The molecule has 1 fully saturated rings. The predicted molar refractivity (Wildman–Crippen MR) is 73.1 cm³/mol. The highest BCUT2D eigenvalue weighted by molar-refractivity contribution is 5.46. The summed E-state index contributed by atoms with van der Waals surface area (Å²) in [7, 11) is 2.20. The Bertz CT molecular complexity index is 364. The fraction of sp³-hybridized carbons (Fsp3) is 0.571. The maximum atomic E-state index is 5.97. The zero-order chi connectivity index (χ0) is 12.3. The van der Waals surface area contributed by atoms with Crippen LogP contribution >= 0.6 is 0 Å². The van der Waals surface area contributed by atoms with Crippen molar-refractivity contribution >= 4 is 5.69 Å². The summed E-state index contributed by atoms with van der Waals surface area (Å²) in [6.45, 7) is 6.94. The van der Waals surface area contributed by atoms with Crippen LogP contribution in [0.2, 0.25) is 0 Å². The molecular formula is C14H23N3. The molecule has 1 aromatic carbocycles. The van der Waals surface area contributed by atoms with Gasteiger partial charge in [-0.1, -0.05) is 18.2 Å². The van der Waals surface area contributed by atoms with Crippen LogP contribution in [0.15, 0.2) is 24.3 Å². The van der Waals surface area contributed by atoms with Crippen LogP contribution in [0, 0.1) is 0 Å². The van der Waals surface area contributed by atoms with Crippen LogP contribution in [-0.2, 0) is 6.42 Å². The van der Waals surface area contributed by atoms with E-state index >= 15 is 0 Å². The quantitative estimate of drug-likeness (QED) is 0.802. The Morgan fingerprint density at radius 2 is 2.06 bits per heavy atom. The summed E-state index contributed by atoms with van der Waals surface area (Å²) < 4.78 is 0. The van der Waals surface area contributed by atoms with Gasteiger partial charge in [0.05, 0.1) is 0 Å². The van der Waals surface area contributed by atoms with E-state index in [-0.39, 0.29) is 0 Å². The van der Waals surface area contributed by atoms with Gasteiger partial charge in [-0.2, -0.15) is 0 Å². The van der Waals surface area contributed by atoms with Gasteiger partial charge in [0, 0.05) is 37.9 Å². The van der Waals surface area contributed by atoms with Gasteiger partial charge >= 0.3 is 0 Å². The van der Waals surface area contributed by atoms with E-state index < -0.39 is 0 Å². The van der Waals surface area contributed by atoms with Crippen molar-refractivity contribution in [3.05, 3.63) is 29.8 Å². The molecule has 94 valence electrons. The number of anilines is 1. The summed E-state index contributed by atoms with van der Waals surface area (Å²) >= 11 is 0. The first-order valence-electron chi connectivity index (χ1n) is 6.43. The van der Waals surface area contributed by atoms with Crippen LogP contribution in [0.25, 0.3) is 0 Å². The van der Waals surface area contributed by atoms with Crippen molar-refractivity contribution in [2.75, 3.05) is 39.0 Å². The smallest absolute Gasteiger partial charge is 0.0347 e. The minimum absolute atomic E-state index is 0.652. The first-order chi connectivity index (χ1) is 8.16. The van der Waals surface area contributed by atoms with E-state index in [2.05, 4.69) is 35.9 Å². The molecule has 0 saturated carbocycles. The molecule has 1 unspecified atom stereocenters. The van der Waals surface area contributed by atoms with Crippen LogP contribution in [-0.4, -0.2) is 49.1 Å². The fourth-order valence-electron chi connectivity index (χ4n) is 2.54. The topological polar surface area (TPSA) is 32.5 Å². The first-order valence-corrected chi connectivity index (χ1v) is 6.43. The highest BCUT2D eigenvalue weighted by Crippen LogP contribution is 2.14. The van der Waals surface area contributed by atoms with Gasteiger partial charge in [0.2, 0.25) is 0 Å². The van der Waals surface area contributed by atoms with Crippen LogP contribution < -0.4 is 5.73 Å². The number of likely N-dealkylation sites (N-methyl/N-ethyl adjacent to an activating group) is 1. The van der Waals surface area contributed by atoms with Crippen molar-refractivity contribution in [3.8, 4) is 0 Å². The average molecular weight is 233 g/mol. The van der Waals surface area contributed by atoms with Gasteiger partial charge in [0.25, 0.3) is 0 Å². The van der Waals surface area contributed by atoms with Crippen LogP contribution in [0.1, 0.15) is 12.5 Å². The molecular weight excluding hydrogens is 210 g/mol. The molecule has 0 aliphatic carbocycles. The number of nitrogens with two attached hydrogens (primary N) is 1. The van der Waals surface area contributed by atoms with Gasteiger partial charge < -0.3 is 10.6 Å². The average Bonchev–Trinajstić information content (AvgIpc) is 2.30. The first kappa shape index (κ1) is 12.4. The number of benzene rings is 1. The monoisotopic (exact) mass is 233 g/mol. The minimum Gasteiger partial charge on any atom is -0.399 e. The number of hydrogen-bond donors (Lipinski definition) is 1. The van der Waals surface area contributed by atoms with E-state index in [0.29, 0.717) is 6.04 Å². The Kier molecular flexibility index (Phi) is 4.02.